The van der Waals surface area contributed by atoms with Gasteiger partial charge in [-0.1, -0.05) is 0 Å². The van der Waals surface area contributed by atoms with E-state index in [2.05, 4.69) is 60.4 Å². The van der Waals surface area contributed by atoms with Crippen molar-refractivity contribution < 1.29 is 14.3 Å². The summed E-state index contributed by atoms with van der Waals surface area (Å²) in [5.41, 5.74) is 6.41. The molecular formula is C19H14ClCrN. The average molecular weight is 344 g/mol. The third kappa shape index (κ3) is 2.03. The predicted octanol–water partition coefficient (Wildman–Crippen LogP) is 5.35. The molecule has 0 saturated carbocycles. The normalized spacial score (nSPS) is 17.1. The van der Waals surface area contributed by atoms with Gasteiger partial charge < -0.3 is 0 Å². The summed E-state index contributed by atoms with van der Waals surface area (Å²) in [7, 11) is 6.29. The van der Waals surface area contributed by atoms with Gasteiger partial charge in [-0.3, -0.25) is 0 Å². The Morgan fingerprint density at radius 1 is 0.955 bits per heavy atom. The van der Waals surface area contributed by atoms with Gasteiger partial charge in [-0.15, -0.1) is 0 Å². The molecular weight excluding hydrogens is 330 g/mol. The van der Waals surface area contributed by atoms with Crippen LogP contribution in [0.25, 0.3) is 15.3 Å². The number of rotatable bonds is 2. The molecule has 1 heterocycles. The summed E-state index contributed by atoms with van der Waals surface area (Å²) in [4.78, 5) is 4.63. The van der Waals surface area contributed by atoms with Crippen LogP contribution in [0.3, 0.4) is 0 Å². The number of fused-ring (bicyclic) bond motifs is 2. The van der Waals surface area contributed by atoms with Crippen molar-refractivity contribution in [3.05, 3.63) is 83.1 Å². The van der Waals surface area contributed by atoms with Crippen LogP contribution in [0.4, 0.5) is 0 Å². The molecule has 0 amide bonds. The average Bonchev–Trinajstić information content (AvgIpc) is 2.85. The maximum absolute atomic E-state index is 6.29. The minimum atomic E-state index is -0.0209. The van der Waals surface area contributed by atoms with Crippen molar-refractivity contribution in [2.24, 2.45) is 0 Å². The molecule has 3 heteroatoms. The van der Waals surface area contributed by atoms with Crippen molar-refractivity contribution in [2.45, 2.75) is 12.8 Å². The number of nitrogens with zero attached hydrogens (tertiary/aromatic N) is 1. The summed E-state index contributed by atoms with van der Waals surface area (Å²) in [6.45, 7) is 2.21. The third-order valence-corrected chi connectivity index (χ3v) is 6.08. The summed E-state index contributed by atoms with van der Waals surface area (Å²) in [6.07, 6.45) is 1.87. The van der Waals surface area contributed by atoms with E-state index < -0.39 is 0 Å². The Kier molecular flexibility index (Phi) is 3.54. The quantitative estimate of drug-likeness (QED) is 0.611. The summed E-state index contributed by atoms with van der Waals surface area (Å²) in [5, 5.41) is 1.19. The van der Waals surface area contributed by atoms with Gasteiger partial charge in [0, 0.05) is 0 Å². The van der Waals surface area contributed by atoms with E-state index in [1.165, 1.54) is 32.1 Å². The monoisotopic (exact) mass is 343 g/mol. The van der Waals surface area contributed by atoms with Gasteiger partial charge in [-0.2, -0.15) is 0 Å². The number of pyridine rings is 1. The van der Waals surface area contributed by atoms with Gasteiger partial charge in [-0.05, 0) is 0 Å². The maximum atomic E-state index is 6.29. The van der Waals surface area contributed by atoms with E-state index in [9.17, 15) is 0 Å². The van der Waals surface area contributed by atoms with Gasteiger partial charge in [0.05, 0.1) is 0 Å². The second kappa shape index (κ2) is 5.56. The van der Waals surface area contributed by atoms with Crippen LogP contribution in [0.5, 0.6) is 0 Å². The molecule has 0 spiro atoms. The zero-order chi connectivity index (χ0) is 15.1. The molecule has 1 aliphatic carbocycles. The van der Waals surface area contributed by atoms with E-state index in [4.69, 9.17) is 10.0 Å². The molecule has 0 bridgehead atoms. The Bertz CT molecular complexity index is 895. The van der Waals surface area contributed by atoms with Crippen molar-refractivity contribution in [2.75, 3.05) is 0 Å². The molecule has 1 aromatic heterocycles. The molecule has 4 rings (SSSR count). The van der Waals surface area contributed by atoms with Crippen molar-refractivity contribution in [1.82, 2.24) is 4.98 Å². The fraction of sp³-hybridized carbons (Fsp3) is 0.105. The van der Waals surface area contributed by atoms with Crippen molar-refractivity contribution >= 4 is 25.4 Å². The van der Waals surface area contributed by atoms with Gasteiger partial charge >= 0.3 is 141 Å². The van der Waals surface area contributed by atoms with Gasteiger partial charge in [0.1, 0.15) is 0 Å². The first-order valence-corrected chi connectivity index (χ1v) is 9.62. The molecule has 22 heavy (non-hydrogen) atoms. The van der Waals surface area contributed by atoms with E-state index in [0.717, 1.165) is 5.52 Å². The van der Waals surface area contributed by atoms with Crippen LogP contribution in [0, 0.1) is 0 Å². The number of hydrogen-bond acceptors (Lipinski definition) is 1. The van der Waals surface area contributed by atoms with Crippen LogP contribution in [0.1, 0.15) is 29.5 Å². The minimum absolute atomic E-state index is 0.0209. The summed E-state index contributed by atoms with van der Waals surface area (Å²) < 4.78 is 1.32. The first-order valence-electron chi connectivity index (χ1n) is 7.23. The van der Waals surface area contributed by atoms with E-state index in [-0.39, 0.29) is 20.2 Å². The van der Waals surface area contributed by atoms with E-state index >= 15 is 0 Å². The SMILES string of the molecule is CC1=[C]([Cr][Cl])c2ccccc2C1c1cccc2cccnc12. The second-order valence-electron chi connectivity index (χ2n) is 5.53. The Hall–Kier alpha value is -1.59. The Balaban J connectivity index is 2.01. The van der Waals surface area contributed by atoms with Gasteiger partial charge in [0.2, 0.25) is 0 Å². The molecule has 0 fully saturated rings. The van der Waals surface area contributed by atoms with Crippen molar-refractivity contribution in [3.63, 3.8) is 0 Å². The van der Waals surface area contributed by atoms with Gasteiger partial charge in [0.25, 0.3) is 0 Å². The standard InChI is InChI=1S/C19H14N.ClH.Cr/c1-13-12-15-6-2-3-9-16(15)18(13)17-10-4-7-14-8-5-11-20-19(14)17;;/h2-11,18H,1H3;1H;/q;;+1/p-1. The fourth-order valence-corrected chi connectivity index (χ4v) is 5.03. The molecule has 0 N–H and O–H groups in total. The number of benzene rings is 2. The zero-order valence-electron chi connectivity index (χ0n) is 12.1. The zero-order valence-corrected chi connectivity index (χ0v) is 14.1. The van der Waals surface area contributed by atoms with E-state index in [1.807, 2.05) is 12.3 Å². The fourth-order valence-electron chi connectivity index (χ4n) is 3.40. The molecule has 0 radical (unpaired) electrons. The van der Waals surface area contributed by atoms with Crippen LogP contribution in [-0.2, 0) is 14.3 Å². The first-order chi connectivity index (χ1) is 10.8. The number of para-hydroxylation sites is 1. The summed E-state index contributed by atoms with van der Waals surface area (Å²) in [6, 6.07) is 19.2. The summed E-state index contributed by atoms with van der Waals surface area (Å²) in [5.74, 6) is 0.269. The molecule has 1 unspecified atom stereocenters. The first kappa shape index (κ1) is 14.0. The topological polar surface area (TPSA) is 12.9 Å². The van der Waals surface area contributed by atoms with Crippen LogP contribution in [0.2, 0.25) is 0 Å². The Morgan fingerprint density at radius 3 is 2.59 bits per heavy atom. The molecule has 1 atom stereocenters. The third-order valence-electron chi connectivity index (χ3n) is 4.36. The van der Waals surface area contributed by atoms with Gasteiger partial charge in [-0.25, -0.2) is 0 Å². The predicted molar refractivity (Wildman–Crippen MR) is 88.5 cm³/mol. The molecule has 2 aromatic carbocycles. The van der Waals surface area contributed by atoms with Crippen LogP contribution >= 0.6 is 10.0 Å². The van der Waals surface area contributed by atoms with Crippen LogP contribution in [-0.4, -0.2) is 4.98 Å². The van der Waals surface area contributed by atoms with Gasteiger partial charge in [0.15, 0.2) is 0 Å². The number of allylic oxidation sites excluding steroid dienone is 1. The number of halogens is 1. The van der Waals surface area contributed by atoms with Crippen LogP contribution in [0.15, 0.2) is 66.4 Å². The van der Waals surface area contributed by atoms with E-state index in [0.29, 0.717) is 0 Å². The van der Waals surface area contributed by atoms with E-state index in [1.54, 1.807) is 0 Å². The Morgan fingerprint density at radius 2 is 1.73 bits per heavy atom. The molecule has 0 aliphatic heterocycles. The number of aromatic nitrogens is 1. The molecule has 0 saturated heterocycles. The number of hydrogen-bond donors (Lipinski definition) is 0. The van der Waals surface area contributed by atoms with Crippen molar-refractivity contribution in [3.8, 4) is 0 Å². The van der Waals surface area contributed by atoms with Crippen molar-refractivity contribution in [1.29, 1.82) is 0 Å². The molecule has 108 valence electrons. The molecule has 1 nitrogen and oxygen atoms in total. The summed E-state index contributed by atoms with van der Waals surface area (Å²) >= 11 is -0.0209. The molecule has 3 aromatic rings. The second-order valence-corrected chi connectivity index (χ2v) is 7.05. The Labute approximate surface area is 140 Å². The molecule has 1 aliphatic rings. The van der Waals surface area contributed by atoms with Crippen LogP contribution < -0.4 is 0 Å².